The van der Waals surface area contributed by atoms with Gasteiger partial charge in [-0.05, 0) is 26.2 Å². The van der Waals surface area contributed by atoms with Crippen LogP contribution in [-0.4, -0.2) is 41.2 Å². The Labute approximate surface area is 147 Å². The van der Waals surface area contributed by atoms with Gasteiger partial charge in [-0.3, -0.25) is 9.69 Å². The van der Waals surface area contributed by atoms with Crippen molar-refractivity contribution in [3.05, 3.63) is 66.1 Å². The van der Waals surface area contributed by atoms with Gasteiger partial charge < -0.3 is 14.4 Å². The van der Waals surface area contributed by atoms with Gasteiger partial charge >= 0.3 is 0 Å². The van der Waals surface area contributed by atoms with Gasteiger partial charge in [0.25, 0.3) is 5.91 Å². The van der Waals surface area contributed by atoms with Crippen molar-refractivity contribution in [2.75, 3.05) is 20.6 Å². The highest BCUT2D eigenvalue weighted by atomic mass is 16.5. The van der Waals surface area contributed by atoms with E-state index in [1.165, 1.54) is 0 Å². The zero-order valence-corrected chi connectivity index (χ0v) is 14.6. The van der Waals surface area contributed by atoms with Crippen molar-refractivity contribution in [1.82, 2.24) is 19.9 Å². The number of carbonyl (C=O) groups is 1. The minimum absolute atomic E-state index is 0.0736. The maximum Gasteiger partial charge on any atom is 0.273 e. The molecule has 2 aromatic heterocycles. The molecule has 0 fully saturated rings. The van der Waals surface area contributed by atoms with Crippen molar-refractivity contribution < 1.29 is 9.32 Å². The first-order valence-corrected chi connectivity index (χ1v) is 8.14. The van der Waals surface area contributed by atoms with Crippen molar-refractivity contribution in [3.8, 4) is 11.3 Å². The highest BCUT2D eigenvalue weighted by Gasteiger charge is 2.19. The molecule has 3 aromatic rings. The molecule has 1 atom stereocenters. The maximum atomic E-state index is 12.4. The Hall–Kier alpha value is -2.86. The summed E-state index contributed by atoms with van der Waals surface area (Å²) in [7, 11) is 5.98. The summed E-state index contributed by atoms with van der Waals surface area (Å²) >= 11 is 0. The molecule has 1 amide bonds. The lowest BCUT2D eigenvalue weighted by atomic mass is 10.1. The van der Waals surface area contributed by atoms with Gasteiger partial charge in [0.2, 0.25) is 0 Å². The Balaban J connectivity index is 1.68. The second-order valence-electron chi connectivity index (χ2n) is 6.18. The second kappa shape index (κ2) is 7.36. The molecule has 0 spiro atoms. The van der Waals surface area contributed by atoms with Crippen LogP contribution in [0.5, 0.6) is 0 Å². The molecule has 1 aromatic carbocycles. The summed E-state index contributed by atoms with van der Waals surface area (Å²) in [4.78, 5) is 14.5. The van der Waals surface area contributed by atoms with Crippen LogP contribution in [0.2, 0.25) is 0 Å². The van der Waals surface area contributed by atoms with Gasteiger partial charge in [0, 0.05) is 37.1 Å². The van der Waals surface area contributed by atoms with Gasteiger partial charge in [-0.15, -0.1) is 0 Å². The molecule has 3 rings (SSSR count). The largest absolute Gasteiger partial charge is 0.355 e. The highest BCUT2D eigenvalue weighted by molar-refractivity contribution is 5.93. The summed E-state index contributed by atoms with van der Waals surface area (Å²) in [6.45, 7) is 0.483. The van der Waals surface area contributed by atoms with Crippen molar-refractivity contribution in [2.45, 2.75) is 6.04 Å². The van der Waals surface area contributed by atoms with E-state index in [2.05, 4.69) is 26.0 Å². The molecule has 0 saturated carbocycles. The number of aromatic nitrogens is 2. The van der Waals surface area contributed by atoms with E-state index < -0.39 is 0 Å². The van der Waals surface area contributed by atoms with E-state index in [4.69, 9.17) is 4.52 Å². The predicted octanol–water partition coefficient (Wildman–Crippen LogP) is 2.71. The van der Waals surface area contributed by atoms with Crippen LogP contribution in [0.4, 0.5) is 0 Å². The average molecular weight is 338 g/mol. The third-order valence-electron chi connectivity index (χ3n) is 4.21. The molecule has 0 aliphatic carbocycles. The van der Waals surface area contributed by atoms with Crippen LogP contribution in [0.3, 0.4) is 0 Å². The number of nitrogens with zero attached hydrogens (tertiary/aromatic N) is 3. The van der Waals surface area contributed by atoms with Crippen LogP contribution in [0, 0.1) is 0 Å². The van der Waals surface area contributed by atoms with Crippen LogP contribution in [0.15, 0.2) is 59.3 Å². The molecule has 0 unspecified atom stereocenters. The summed E-state index contributed by atoms with van der Waals surface area (Å²) in [5, 5.41) is 6.83. The highest BCUT2D eigenvalue weighted by Crippen LogP contribution is 2.20. The van der Waals surface area contributed by atoms with Gasteiger partial charge in [-0.2, -0.15) is 0 Å². The first kappa shape index (κ1) is 17.0. The molecule has 6 nitrogen and oxygen atoms in total. The third-order valence-corrected chi connectivity index (χ3v) is 4.21. The van der Waals surface area contributed by atoms with E-state index >= 15 is 0 Å². The monoisotopic (exact) mass is 338 g/mol. The Bertz CT molecular complexity index is 836. The molecule has 130 valence electrons. The standard InChI is InChI=1S/C19H22N4O2/c1-22(2)17(16-10-7-11-23(16)3)13-20-19(24)15-12-18(25-21-15)14-8-5-4-6-9-14/h4-12,17H,13H2,1-3H3,(H,20,24)/t17-/m0/s1. The first-order valence-electron chi connectivity index (χ1n) is 8.14. The molecule has 0 bridgehead atoms. The fourth-order valence-electron chi connectivity index (χ4n) is 2.77. The molecule has 25 heavy (non-hydrogen) atoms. The normalized spacial score (nSPS) is 12.3. The van der Waals surface area contributed by atoms with Crippen LogP contribution >= 0.6 is 0 Å². The number of amides is 1. The zero-order valence-electron chi connectivity index (χ0n) is 14.6. The number of hydrogen-bond acceptors (Lipinski definition) is 4. The smallest absolute Gasteiger partial charge is 0.273 e. The predicted molar refractivity (Wildman–Crippen MR) is 96.1 cm³/mol. The number of nitrogens with one attached hydrogen (secondary N) is 1. The van der Waals surface area contributed by atoms with Crippen molar-refractivity contribution >= 4 is 5.91 Å². The molecule has 0 radical (unpaired) electrons. The number of aryl methyl sites for hydroxylation is 1. The molecule has 1 N–H and O–H groups in total. The van der Waals surface area contributed by atoms with Gasteiger partial charge in [0.15, 0.2) is 11.5 Å². The van der Waals surface area contributed by atoms with Gasteiger partial charge in [-0.25, -0.2) is 0 Å². The number of benzene rings is 1. The minimum Gasteiger partial charge on any atom is -0.355 e. The third kappa shape index (κ3) is 3.80. The summed E-state index contributed by atoms with van der Waals surface area (Å²) in [5.41, 5.74) is 2.31. The minimum atomic E-state index is -0.244. The fourth-order valence-corrected chi connectivity index (χ4v) is 2.77. The summed E-state index contributed by atoms with van der Waals surface area (Å²) < 4.78 is 7.35. The molecular weight excluding hydrogens is 316 g/mol. The Kier molecular flexibility index (Phi) is 5.00. The summed E-state index contributed by atoms with van der Waals surface area (Å²) in [6.07, 6.45) is 2.00. The van der Waals surface area contributed by atoms with E-state index in [9.17, 15) is 4.79 Å². The van der Waals surface area contributed by atoms with Crippen molar-refractivity contribution in [2.24, 2.45) is 7.05 Å². The molecule has 6 heteroatoms. The molecular formula is C19H22N4O2. The Morgan fingerprint density at radius 3 is 2.64 bits per heavy atom. The van der Waals surface area contributed by atoms with Crippen molar-refractivity contribution in [1.29, 1.82) is 0 Å². The van der Waals surface area contributed by atoms with Crippen LogP contribution in [0.25, 0.3) is 11.3 Å². The molecule has 2 heterocycles. The topological polar surface area (TPSA) is 63.3 Å². The molecule has 0 aliphatic rings. The van der Waals surface area contributed by atoms with Gasteiger partial charge in [0.1, 0.15) is 0 Å². The van der Waals surface area contributed by atoms with E-state index in [-0.39, 0.29) is 17.6 Å². The van der Waals surface area contributed by atoms with E-state index in [1.807, 2.05) is 63.7 Å². The van der Waals surface area contributed by atoms with Gasteiger partial charge in [0.05, 0.1) is 6.04 Å². The van der Waals surface area contributed by atoms with Crippen LogP contribution < -0.4 is 5.32 Å². The molecule has 0 aliphatic heterocycles. The van der Waals surface area contributed by atoms with Crippen LogP contribution in [-0.2, 0) is 7.05 Å². The number of rotatable bonds is 6. The number of likely N-dealkylation sites (N-methyl/N-ethyl adjacent to an activating group) is 1. The number of carbonyl (C=O) groups excluding carboxylic acids is 1. The Morgan fingerprint density at radius 1 is 1.24 bits per heavy atom. The van der Waals surface area contributed by atoms with Gasteiger partial charge in [-0.1, -0.05) is 35.5 Å². The lowest BCUT2D eigenvalue weighted by molar-refractivity contribution is 0.0932. The van der Waals surface area contributed by atoms with E-state index in [1.54, 1.807) is 6.07 Å². The Morgan fingerprint density at radius 2 is 2.00 bits per heavy atom. The fraction of sp³-hybridized carbons (Fsp3) is 0.263. The first-order chi connectivity index (χ1) is 12.1. The zero-order chi connectivity index (χ0) is 17.8. The summed E-state index contributed by atoms with van der Waals surface area (Å²) in [5.74, 6) is 0.337. The van der Waals surface area contributed by atoms with Crippen molar-refractivity contribution in [3.63, 3.8) is 0 Å². The number of hydrogen-bond donors (Lipinski definition) is 1. The lowest BCUT2D eigenvalue weighted by Crippen LogP contribution is -2.35. The lowest BCUT2D eigenvalue weighted by Gasteiger charge is -2.25. The second-order valence-corrected chi connectivity index (χ2v) is 6.18. The van der Waals surface area contributed by atoms with E-state index in [0.717, 1.165) is 11.3 Å². The molecule has 0 saturated heterocycles. The van der Waals surface area contributed by atoms with E-state index in [0.29, 0.717) is 12.3 Å². The maximum absolute atomic E-state index is 12.4. The van der Waals surface area contributed by atoms with Crippen LogP contribution in [0.1, 0.15) is 22.2 Å². The average Bonchev–Trinajstić information content (AvgIpc) is 3.25. The quantitative estimate of drug-likeness (QED) is 0.751. The SMILES string of the molecule is CN(C)[C@@H](CNC(=O)c1cc(-c2ccccc2)on1)c1cccn1C. The summed E-state index contributed by atoms with van der Waals surface area (Å²) in [6, 6.07) is 15.4.